The van der Waals surface area contributed by atoms with Crippen LogP contribution in [0.5, 0.6) is 0 Å². The number of hydrogen-bond donors (Lipinski definition) is 4. The van der Waals surface area contributed by atoms with E-state index in [1.54, 1.807) is 55.4 Å². The molecule has 2 atom stereocenters. The molecule has 0 heterocycles. The van der Waals surface area contributed by atoms with Crippen molar-refractivity contribution >= 4 is 16.1 Å². The van der Waals surface area contributed by atoms with E-state index in [2.05, 4.69) is 64.5 Å². The van der Waals surface area contributed by atoms with E-state index in [1.807, 2.05) is 0 Å². The van der Waals surface area contributed by atoms with Crippen LogP contribution in [0.4, 0.5) is 0 Å². The number of aliphatic hydroxyl groups excluding tert-OH is 4. The van der Waals surface area contributed by atoms with Crippen LogP contribution in [0.15, 0.2) is 11.1 Å². The summed E-state index contributed by atoms with van der Waals surface area (Å²) in [5.74, 6) is 0.794. The third-order valence-electron chi connectivity index (χ3n) is 2.99. The Labute approximate surface area is 258 Å². The first-order valence-electron chi connectivity index (χ1n) is 12.6. The van der Waals surface area contributed by atoms with Gasteiger partial charge in [0.15, 0.2) is 0 Å². The van der Waals surface area contributed by atoms with Gasteiger partial charge in [-0.2, -0.15) is 11.8 Å². The van der Waals surface area contributed by atoms with Crippen LogP contribution >= 0.6 is 0 Å². The van der Waals surface area contributed by atoms with Gasteiger partial charge < -0.3 is 45.7 Å². The molecule has 4 nitrogen and oxygen atoms in total. The first kappa shape index (κ1) is 50.1. The Kier molecular flexibility index (Phi) is 36.7. The molecule has 1 aliphatic rings. The molecular weight excluding hydrogens is 552 g/mol. The van der Waals surface area contributed by atoms with E-state index >= 15 is 0 Å². The van der Waals surface area contributed by atoms with Gasteiger partial charge in [-0.1, -0.05) is 52.1 Å². The third-order valence-corrected chi connectivity index (χ3v) is 5.13. The van der Waals surface area contributed by atoms with Gasteiger partial charge in [0.05, 0.1) is 0 Å². The van der Waals surface area contributed by atoms with Crippen molar-refractivity contribution in [2.75, 3.05) is 0 Å². The van der Waals surface area contributed by atoms with Crippen molar-refractivity contribution in [1.29, 1.82) is 0 Å². The van der Waals surface area contributed by atoms with Crippen molar-refractivity contribution in [1.82, 2.24) is 0 Å². The Hall–Kier alpha value is 1.18. The van der Waals surface area contributed by atoms with Crippen LogP contribution in [0.25, 0.3) is 0 Å². The van der Waals surface area contributed by atoms with Crippen molar-refractivity contribution in [3.63, 3.8) is 0 Å². The predicted molar refractivity (Wildman–Crippen MR) is 157 cm³/mol. The van der Waals surface area contributed by atoms with Gasteiger partial charge in [0.1, 0.15) is 0 Å². The van der Waals surface area contributed by atoms with Gasteiger partial charge in [-0.05, 0) is 55.4 Å². The van der Waals surface area contributed by atoms with Crippen molar-refractivity contribution in [2.24, 2.45) is 11.8 Å². The average Bonchev–Trinajstić information content (AvgIpc) is 2.47. The topological polar surface area (TPSA) is 80.9 Å². The molecule has 1 fully saturated rings. The summed E-state index contributed by atoms with van der Waals surface area (Å²) >= 11 is 0. The summed E-state index contributed by atoms with van der Waals surface area (Å²) in [5, 5.41) is 32.2. The average molecular weight is 613 g/mol. The summed E-state index contributed by atoms with van der Waals surface area (Å²) in [4.78, 5) is 0. The molecule has 2 unspecified atom stereocenters. The maximum absolute atomic E-state index is 8.06. The molecule has 0 radical (unpaired) electrons. The maximum Gasteiger partial charge on any atom is 2.00 e. The first-order valence-corrected chi connectivity index (χ1v) is 19.6. The summed E-state index contributed by atoms with van der Waals surface area (Å²) in [6.07, 6.45) is 1.43. The van der Waals surface area contributed by atoms with Crippen LogP contribution in [0.2, 0.25) is 39.3 Å². The normalized spacial score (nSPS) is 19.6. The molecule has 1 aliphatic carbocycles. The molecule has 0 bridgehead atoms. The van der Waals surface area contributed by atoms with Gasteiger partial charge in [0.2, 0.25) is 0 Å². The monoisotopic (exact) mass is 612 g/mol. The summed E-state index contributed by atoms with van der Waals surface area (Å²) in [5.41, 5.74) is 10.3. The molecule has 4 N–H and O–H groups in total. The van der Waals surface area contributed by atoms with Gasteiger partial charge in [0.25, 0.3) is 0 Å². The Balaban J connectivity index is -0.000000103. The van der Waals surface area contributed by atoms with E-state index in [0.717, 1.165) is 12.8 Å². The molecule has 0 aromatic rings. The number of hydrogen-bond acceptors (Lipinski definition) is 4. The molecular formula is C28H60O4Si2Ti2. The zero-order chi connectivity index (χ0) is 28.4. The molecule has 0 spiro atoms. The standard InChI is InChI=1S/C16H28Si2.4C3H8O.2Ti/c1-13-9-16(12-18(6,7)8)14(2)10-15(13)11-17(3,4)5;4*1-3(2)4;;/h13-14H,1-2,9-10H2,3-8H3;4*3-4H,1-2H3;;/q-4;;;;;2*+2. The number of aliphatic hydroxyl groups is 4. The summed E-state index contributed by atoms with van der Waals surface area (Å²) in [6, 6.07) is 0. The van der Waals surface area contributed by atoms with Crippen LogP contribution < -0.4 is 0 Å². The minimum absolute atomic E-state index is 0. The molecule has 0 aliphatic heterocycles. The van der Waals surface area contributed by atoms with Gasteiger partial charge in [-0.25, -0.2) is 0 Å². The molecule has 0 aromatic carbocycles. The van der Waals surface area contributed by atoms with Crippen LogP contribution in [-0.2, 0) is 43.4 Å². The second-order valence-corrected chi connectivity index (χ2v) is 21.5. The minimum Gasteiger partial charge on any atom is -0.500 e. The number of rotatable bonds is 2. The van der Waals surface area contributed by atoms with E-state index < -0.39 is 16.1 Å². The first-order chi connectivity index (χ1) is 14.9. The Bertz CT molecular complexity index is 466. The summed E-state index contributed by atoms with van der Waals surface area (Å²) < 4.78 is 0. The molecule has 0 aromatic heterocycles. The fourth-order valence-electron chi connectivity index (χ4n) is 2.38. The molecule has 212 valence electrons. The van der Waals surface area contributed by atoms with Gasteiger partial charge >= 0.3 is 43.4 Å². The van der Waals surface area contributed by atoms with Crippen LogP contribution in [0, 0.1) is 37.1 Å². The fraction of sp³-hybridized carbons (Fsp3) is 0.786. The molecule has 1 rings (SSSR count). The van der Waals surface area contributed by atoms with Crippen molar-refractivity contribution in [3.05, 3.63) is 36.4 Å². The Morgan fingerprint density at radius 3 is 0.806 bits per heavy atom. The van der Waals surface area contributed by atoms with E-state index in [-0.39, 0.29) is 67.9 Å². The zero-order valence-electron chi connectivity index (χ0n) is 26.1. The van der Waals surface area contributed by atoms with E-state index in [0.29, 0.717) is 11.8 Å². The minimum atomic E-state index is -1.26. The van der Waals surface area contributed by atoms with Gasteiger partial charge in [-0.15, -0.1) is 16.1 Å². The van der Waals surface area contributed by atoms with Crippen LogP contribution in [0.3, 0.4) is 0 Å². The van der Waals surface area contributed by atoms with Crippen LogP contribution in [-0.4, -0.2) is 61.0 Å². The predicted octanol–water partition coefficient (Wildman–Crippen LogP) is 6.44. The summed E-state index contributed by atoms with van der Waals surface area (Å²) in [7, 11) is -2.52. The van der Waals surface area contributed by atoms with E-state index in [1.165, 1.54) is 11.1 Å². The molecule has 0 saturated heterocycles. The van der Waals surface area contributed by atoms with Gasteiger partial charge in [-0.3, -0.25) is 11.1 Å². The Morgan fingerprint density at radius 1 is 0.556 bits per heavy atom. The van der Waals surface area contributed by atoms with Gasteiger partial charge in [0, 0.05) is 24.4 Å². The quantitative estimate of drug-likeness (QED) is 0.214. The van der Waals surface area contributed by atoms with E-state index in [4.69, 9.17) is 20.4 Å². The second kappa shape index (κ2) is 26.4. The van der Waals surface area contributed by atoms with E-state index in [9.17, 15) is 0 Å². The largest absolute Gasteiger partial charge is 2.00 e. The smallest absolute Gasteiger partial charge is 0.500 e. The van der Waals surface area contributed by atoms with Crippen molar-refractivity contribution in [2.45, 2.75) is 132 Å². The second-order valence-electron chi connectivity index (χ2n) is 12.0. The SMILES string of the molecule is CC(C)O.CC(C)O.CC(C)O.CC(C)O.[CH2-]C1CC(=[C-][Si](C)(C)C)C([CH2-])CC1=[C-][Si](C)(C)C.[Ti+2].[Ti+2]. The summed E-state index contributed by atoms with van der Waals surface area (Å²) in [6.45, 7) is 36.5. The Morgan fingerprint density at radius 2 is 0.694 bits per heavy atom. The fourth-order valence-corrected chi connectivity index (χ4v) is 4.92. The van der Waals surface area contributed by atoms with Crippen molar-refractivity contribution in [3.8, 4) is 0 Å². The molecule has 8 heteroatoms. The molecule has 1 saturated carbocycles. The van der Waals surface area contributed by atoms with Crippen molar-refractivity contribution < 1.29 is 63.9 Å². The molecule has 0 amide bonds. The molecule has 36 heavy (non-hydrogen) atoms. The number of allylic oxidation sites excluding steroid dienone is 2. The maximum atomic E-state index is 8.06. The third kappa shape index (κ3) is 55.6. The van der Waals surface area contributed by atoms with Crippen LogP contribution in [0.1, 0.15) is 68.2 Å². The zero-order valence-corrected chi connectivity index (χ0v) is 31.2.